The van der Waals surface area contributed by atoms with Crippen LogP contribution in [0.25, 0.3) is 0 Å². The van der Waals surface area contributed by atoms with E-state index >= 15 is 0 Å². The first-order valence-corrected chi connectivity index (χ1v) is 8.79. The predicted octanol–water partition coefficient (Wildman–Crippen LogP) is 2.19. The molecule has 2 rings (SSSR count). The molecule has 4 nitrogen and oxygen atoms in total. The van der Waals surface area contributed by atoms with Gasteiger partial charge >= 0.3 is 0 Å². The Bertz CT molecular complexity index is 545. The molecule has 0 saturated heterocycles. The zero-order valence-corrected chi connectivity index (χ0v) is 13.2. The average Bonchev–Trinajstić information content (AvgIpc) is 2.85. The summed E-state index contributed by atoms with van der Waals surface area (Å²) in [4.78, 5) is 1.02. The van der Waals surface area contributed by atoms with E-state index in [0.29, 0.717) is 4.21 Å². The lowest BCUT2D eigenvalue weighted by molar-refractivity contribution is 0.127. The van der Waals surface area contributed by atoms with E-state index in [4.69, 9.17) is 0 Å². The standard InChI is InChI=1S/C13H21NO3S2/c1-9-7-12(18-10(9)2)19(16,17)14-11-5-4-6-13(11,3)8-15/h7,11,14-15H,4-6,8H2,1-3H3. The molecule has 6 heteroatoms. The van der Waals surface area contributed by atoms with Crippen molar-refractivity contribution >= 4 is 21.4 Å². The highest BCUT2D eigenvalue weighted by atomic mass is 32.2. The zero-order valence-electron chi connectivity index (χ0n) is 11.6. The third kappa shape index (κ3) is 2.86. The van der Waals surface area contributed by atoms with Crippen molar-refractivity contribution in [2.24, 2.45) is 5.41 Å². The van der Waals surface area contributed by atoms with Gasteiger partial charge in [-0.05, 0) is 38.3 Å². The number of nitrogens with one attached hydrogen (secondary N) is 1. The van der Waals surface area contributed by atoms with Gasteiger partial charge in [-0.25, -0.2) is 13.1 Å². The van der Waals surface area contributed by atoms with Crippen LogP contribution in [0.5, 0.6) is 0 Å². The van der Waals surface area contributed by atoms with Gasteiger partial charge in [-0.2, -0.15) is 0 Å². The van der Waals surface area contributed by atoms with E-state index in [9.17, 15) is 13.5 Å². The number of rotatable bonds is 4. The van der Waals surface area contributed by atoms with E-state index in [1.165, 1.54) is 11.3 Å². The summed E-state index contributed by atoms with van der Waals surface area (Å²) in [6.07, 6.45) is 2.60. The lowest BCUT2D eigenvalue weighted by Crippen LogP contribution is -2.44. The van der Waals surface area contributed by atoms with Gasteiger partial charge in [0, 0.05) is 22.9 Å². The number of aliphatic hydroxyl groups is 1. The molecule has 0 spiro atoms. The van der Waals surface area contributed by atoms with Gasteiger partial charge in [0.15, 0.2) is 0 Å². The fourth-order valence-electron chi connectivity index (χ4n) is 2.54. The van der Waals surface area contributed by atoms with Crippen LogP contribution < -0.4 is 4.72 Å². The predicted molar refractivity (Wildman–Crippen MR) is 76.9 cm³/mol. The molecule has 1 heterocycles. The molecule has 0 radical (unpaired) electrons. The van der Waals surface area contributed by atoms with Crippen molar-refractivity contribution in [3.05, 3.63) is 16.5 Å². The summed E-state index contributed by atoms with van der Waals surface area (Å²) < 4.78 is 27.9. The summed E-state index contributed by atoms with van der Waals surface area (Å²) in [7, 11) is -3.47. The Hall–Kier alpha value is -0.430. The first-order valence-electron chi connectivity index (χ1n) is 6.49. The Morgan fingerprint density at radius 1 is 1.53 bits per heavy atom. The van der Waals surface area contributed by atoms with Gasteiger partial charge in [-0.15, -0.1) is 11.3 Å². The van der Waals surface area contributed by atoms with Crippen molar-refractivity contribution < 1.29 is 13.5 Å². The van der Waals surface area contributed by atoms with Crippen molar-refractivity contribution in [1.82, 2.24) is 4.72 Å². The summed E-state index contributed by atoms with van der Waals surface area (Å²) in [5.41, 5.74) is 0.663. The van der Waals surface area contributed by atoms with Crippen LogP contribution >= 0.6 is 11.3 Å². The number of hydrogen-bond donors (Lipinski definition) is 2. The highest BCUT2D eigenvalue weighted by molar-refractivity contribution is 7.91. The van der Waals surface area contributed by atoms with Crippen LogP contribution in [0.3, 0.4) is 0 Å². The number of thiophene rings is 1. The monoisotopic (exact) mass is 303 g/mol. The molecule has 0 aromatic carbocycles. The summed E-state index contributed by atoms with van der Waals surface area (Å²) in [5.74, 6) is 0. The zero-order chi connectivity index (χ0) is 14.3. The molecule has 2 atom stereocenters. The van der Waals surface area contributed by atoms with Crippen molar-refractivity contribution in [2.45, 2.75) is 50.3 Å². The van der Waals surface area contributed by atoms with Gasteiger partial charge in [0.1, 0.15) is 4.21 Å². The molecule has 2 N–H and O–H groups in total. The van der Waals surface area contributed by atoms with Crippen LogP contribution in [-0.4, -0.2) is 26.2 Å². The second kappa shape index (κ2) is 5.16. The lowest BCUT2D eigenvalue weighted by atomic mass is 9.86. The molecule has 108 valence electrons. The number of hydrogen-bond acceptors (Lipinski definition) is 4. The Morgan fingerprint density at radius 3 is 2.74 bits per heavy atom. The summed E-state index contributed by atoms with van der Waals surface area (Å²) in [6.45, 7) is 5.80. The molecule has 1 aliphatic rings. The molecule has 0 bridgehead atoms. The average molecular weight is 303 g/mol. The molecular formula is C13H21NO3S2. The quantitative estimate of drug-likeness (QED) is 0.896. The van der Waals surface area contributed by atoms with E-state index in [-0.39, 0.29) is 18.1 Å². The summed E-state index contributed by atoms with van der Waals surface area (Å²) in [6, 6.07) is 1.54. The van der Waals surface area contributed by atoms with Crippen molar-refractivity contribution in [3.8, 4) is 0 Å². The second-order valence-corrected chi connectivity index (χ2v) is 8.88. The van der Waals surface area contributed by atoms with E-state index in [1.54, 1.807) is 6.07 Å². The number of aryl methyl sites for hydroxylation is 2. The van der Waals surface area contributed by atoms with Crippen LogP contribution in [0.15, 0.2) is 10.3 Å². The summed E-state index contributed by atoms with van der Waals surface area (Å²) >= 11 is 1.30. The molecule has 1 saturated carbocycles. The minimum atomic E-state index is -3.47. The van der Waals surface area contributed by atoms with Crippen molar-refractivity contribution in [1.29, 1.82) is 0 Å². The molecule has 1 aromatic heterocycles. The highest BCUT2D eigenvalue weighted by Crippen LogP contribution is 2.38. The maximum Gasteiger partial charge on any atom is 0.250 e. The molecule has 19 heavy (non-hydrogen) atoms. The van der Waals surface area contributed by atoms with Crippen LogP contribution in [0, 0.1) is 19.3 Å². The Labute approximate surface area is 118 Å². The van der Waals surface area contributed by atoms with Crippen LogP contribution in [-0.2, 0) is 10.0 Å². The maximum atomic E-state index is 12.4. The molecular weight excluding hydrogens is 282 g/mol. The third-order valence-electron chi connectivity index (χ3n) is 4.15. The molecule has 1 aliphatic carbocycles. The number of sulfonamides is 1. The van der Waals surface area contributed by atoms with Gasteiger partial charge in [0.05, 0.1) is 0 Å². The van der Waals surface area contributed by atoms with Gasteiger partial charge in [0.2, 0.25) is 10.0 Å². The van der Waals surface area contributed by atoms with E-state index in [0.717, 1.165) is 29.7 Å². The lowest BCUT2D eigenvalue weighted by Gasteiger charge is -2.29. The van der Waals surface area contributed by atoms with E-state index in [1.807, 2.05) is 20.8 Å². The minimum Gasteiger partial charge on any atom is -0.396 e. The molecule has 2 unspecified atom stereocenters. The number of aliphatic hydroxyl groups excluding tert-OH is 1. The van der Waals surface area contributed by atoms with E-state index < -0.39 is 10.0 Å². The Balaban J connectivity index is 2.22. The fourth-order valence-corrected chi connectivity index (χ4v) is 5.48. The normalized spacial score (nSPS) is 27.9. The fraction of sp³-hybridized carbons (Fsp3) is 0.692. The smallest absolute Gasteiger partial charge is 0.250 e. The topological polar surface area (TPSA) is 66.4 Å². The van der Waals surface area contributed by atoms with Crippen molar-refractivity contribution in [2.75, 3.05) is 6.61 Å². The first-order chi connectivity index (χ1) is 8.78. The largest absolute Gasteiger partial charge is 0.396 e. The molecule has 0 amide bonds. The van der Waals surface area contributed by atoms with Crippen LogP contribution in [0.1, 0.15) is 36.6 Å². The van der Waals surface area contributed by atoms with Gasteiger partial charge in [-0.3, -0.25) is 0 Å². The molecule has 1 fully saturated rings. The van der Waals surface area contributed by atoms with Gasteiger partial charge in [0.25, 0.3) is 0 Å². The Morgan fingerprint density at radius 2 is 2.21 bits per heavy atom. The SMILES string of the molecule is Cc1cc(S(=O)(=O)NC2CCCC2(C)CO)sc1C. The van der Waals surface area contributed by atoms with Gasteiger partial charge < -0.3 is 5.11 Å². The summed E-state index contributed by atoms with van der Waals surface area (Å²) in [5, 5.41) is 9.48. The van der Waals surface area contributed by atoms with Crippen molar-refractivity contribution in [3.63, 3.8) is 0 Å². The van der Waals surface area contributed by atoms with Crippen LogP contribution in [0.4, 0.5) is 0 Å². The van der Waals surface area contributed by atoms with Gasteiger partial charge in [-0.1, -0.05) is 13.3 Å². The minimum absolute atomic E-state index is 0.0166. The molecule has 0 aliphatic heterocycles. The first kappa shape index (κ1) is 15.0. The molecule has 1 aromatic rings. The maximum absolute atomic E-state index is 12.4. The Kier molecular flexibility index (Phi) is 4.07. The van der Waals surface area contributed by atoms with Crippen LogP contribution in [0.2, 0.25) is 0 Å². The second-order valence-electron chi connectivity index (χ2n) is 5.68. The van der Waals surface area contributed by atoms with E-state index in [2.05, 4.69) is 4.72 Å². The third-order valence-corrected chi connectivity index (χ3v) is 7.25. The highest BCUT2D eigenvalue weighted by Gasteiger charge is 2.40.